The third-order valence-electron chi connectivity index (χ3n) is 7.32. The number of amides is 2. The number of carbonyl (C=O) groups is 1. The molecule has 10 heteroatoms. The SMILES string of the molecule is CC1C=CC=C(n2nc(C(C)(C)C)cc2NC(=O)Nc2ccc(Oc3ccnc4[nH]c(=O)n(C)c34)c3ccccc23)C=C1. The highest BCUT2D eigenvalue weighted by Crippen LogP contribution is 2.36. The number of nitrogens with zero attached hydrogens (tertiary/aromatic N) is 4. The minimum Gasteiger partial charge on any atom is -0.454 e. The van der Waals surface area contributed by atoms with Crippen LogP contribution in [0.25, 0.3) is 27.6 Å². The zero-order valence-electron chi connectivity index (χ0n) is 24.7. The van der Waals surface area contributed by atoms with E-state index in [0.29, 0.717) is 40.1 Å². The van der Waals surface area contributed by atoms with E-state index in [-0.39, 0.29) is 11.1 Å². The van der Waals surface area contributed by atoms with Crippen LogP contribution in [0.1, 0.15) is 33.4 Å². The number of urea groups is 1. The summed E-state index contributed by atoms with van der Waals surface area (Å²) in [6.45, 7) is 8.38. The Kier molecular flexibility index (Phi) is 6.97. The van der Waals surface area contributed by atoms with Gasteiger partial charge < -0.3 is 10.1 Å². The van der Waals surface area contributed by atoms with E-state index in [2.05, 4.69) is 60.4 Å². The van der Waals surface area contributed by atoms with Crippen LogP contribution in [0.2, 0.25) is 0 Å². The summed E-state index contributed by atoms with van der Waals surface area (Å²) in [7, 11) is 1.66. The second kappa shape index (κ2) is 10.8. The smallest absolute Gasteiger partial charge is 0.327 e. The normalized spacial score (nSPS) is 15.0. The Balaban J connectivity index is 1.30. The molecule has 1 aliphatic rings. The van der Waals surface area contributed by atoms with Crippen molar-refractivity contribution in [2.45, 2.75) is 33.1 Å². The van der Waals surface area contributed by atoms with E-state index in [1.807, 2.05) is 48.6 Å². The van der Waals surface area contributed by atoms with Crippen LogP contribution in [0.15, 0.2) is 89.9 Å². The van der Waals surface area contributed by atoms with E-state index in [0.717, 1.165) is 22.2 Å². The molecule has 0 saturated heterocycles. The summed E-state index contributed by atoms with van der Waals surface area (Å²) in [5.74, 6) is 1.92. The van der Waals surface area contributed by atoms with Crippen LogP contribution in [-0.2, 0) is 12.5 Å². The van der Waals surface area contributed by atoms with Crippen molar-refractivity contribution in [3.63, 3.8) is 0 Å². The fourth-order valence-corrected chi connectivity index (χ4v) is 4.95. The number of ether oxygens (including phenoxy) is 1. The zero-order chi connectivity index (χ0) is 30.3. The third-order valence-corrected chi connectivity index (χ3v) is 7.32. The van der Waals surface area contributed by atoms with E-state index in [4.69, 9.17) is 9.84 Å². The van der Waals surface area contributed by atoms with Gasteiger partial charge in [-0.15, -0.1) is 0 Å². The molecule has 0 aliphatic heterocycles. The summed E-state index contributed by atoms with van der Waals surface area (Å²) < 4.78 is 9.54. The molecule has 3 heterocycles. The molecule has 0 radical (unpaired) electrons. The summed E-state index contributed by atoms with van der Waals surface area (Å²) in [5.41, 5.74) is 2.84. The second-order valence-corrected chi connectivity index (χ2v) is 11.6. The Hall–Kier alpha value is -5.38. The van der Waals surface area contributed by atoms with Gasteiger partial charge in [-0.3, -0.25) is 14.9 Å². The van der Waals surface area contributed by atoms with E-state index in [9.17, 15) is 9.59 Å². The Morgan fingerprint density at radius 3 is 2.60 bits per heavy atom. The number of pyridine rings is 1. The number of fused-ring (bicyclic) bond motifs is 2. The maximum absolute atomic E-state index is 13.4. The van der Waals surface area contributed by atoms with Gasteiger partial charge in [0, 0.05) is 41.6 Å². The number of rotatable bonds is 5. The molecule has 2 amide bonds. The molecule has 3 N–H and O–H groups in total. The van der Waals surface area contributed by atoms with E-state index < -0.39 is 6.03 Å². The number of aromatic nitrogens is 5. The van der Waals surface area contributed by atoms with E-state index in [1.165, 1.54) is 4.57 Å². The lowest BCUT2D eigenvalue weighted by molar-refractivity contribution is 0.262. The first kappa shape index (κ1) is 27.8. The van der Waals surface area contributed by atoms with Crippen molar-refractivity contribution in [2.24, 2.45) is 13.0 Å². The average molecular weight is 576 g/mol. The van der Waals surface area contributed by atoms with Gasteiger partial charge in [-0.2, -0.15) is 5.10 Å². The van der Waals surface area contributed by atoms with Crippen molar-refractivity contribution in [1.29, 1.82) is 0 Å². The molecule has 0 bridgehead atoms. The van der Waals surface area contributed by atoms with Gasteiger partial charge in [0.05, 0.1) is 17.1 Å². The van der Waals surface area contributed by atoms with Crippen LogP contribution < -0.4 is 21.1 Å². The minimum absolute atomic E-state index is 0.213. The van der Waals surface area contributed by atoms with Crippen LogP contribution in [0.4, 0.5) is 16.3 Å². The number of hydrogen-bond donors (Lipinski definition) is 3. The second-order valence-electron chi connectivity index (χ2n) is 11.6. The molecule has 0 fully saturated rings. The molecule has 5 aromatic rings. The molecule has 1 unspecified atom stereocenters. The Morgan fingerprint density at radius 1 is 1.02 bits per heavy atom. The van der Waals surface area contributed by atoms with Crippen LogP contribution in [-0.4, -0.2) is 30.3 Å². The minimum atomic E-state index is -0.402. The van der Waals surface area contributed by atoms with Crippen LogP contribution in [0, 0.1) is 5.92 Å². The predicted octanol–water partition coefficient (Wildman–Crippen LogP) is 6.95. The summed E-state index contributed by atoms with van der Waals surface area (Å²) in [6, 6.07) is 14.5. The Labute approximate surface area is 248 Å². The molecule has 2 aromatic carbocycles. The quantitative estimate of drug-likeness (QED) is 0.210. The van der Waals surface area contributed by atoms with E-state index >= 15 is 0 Å². The fraction of sp³-hybridized carbons (Fsp3) is 0.212. The molecule has 218 valence electrons. The third kappa shape index (κ3) is 5.46. The molecule has 1 aliphatic carbocycles. The van der Waals surface area contributed by atoms with Gasteiger partial charge in [0.1, 0.15) is 17.1 Å². The molecule has 3 aromatic heterocycles. The largest absolute Gasteiger partial charge is 0.454 e. The van der Waals surface area contributed by atoms with Gasteiger partial charge >= 0.3 is 11.7 Å². The molecular weight excluding hydrogens is 542 g/mol. The van der Waals surface area contributed by atoms with Gasteiger partial charge in [0.15, 0.2) is 11.4 Å². The van der Waals surface area contributed by atoms with Crippen molar-refractivity contribution in [2.75, 3.05) is 10.6 Å². The van der Waals surface area contributed by atoms with Crippen LogP contribution in [0.3, 0.4) is 0 Å². The first-order valence-corrected chi connectivity index (χ1v) is 14.1. The van der Waals surface area contributed by atoms with Crippen molar-refractivity contribution >= 4 is 45.2 Å². The highest BCUT2D eigenvalue weighted by atomic mass is 16.5. The molecule has 1 atom stereocenters. The lowest BCUT2D eigenvalue weighted by Gasteiger charge is -2.15. The highest BCUT2D eigenvalue weighted by Gasteiger charge is 2.22. The van der Waals surface area contributed by atoms with Gasteiger partial charge in [0.25, 0.3) is 0 Å². The van der Waals surface area contributed by atoms with Crippen molar-refractivity contribution < 1.29 is 9.53 Å². The molecule has 10 nitrogen and oxygen atoms in total. The van der Waals surface area contributed by atoms with Crippen molar-refractivity contribution in [3.05, 3.63) is 101 Å². The topological polar surface area (TPSA) is 119 Å². The van der Waals surface area contributed by atoms with Gasteiger partial charge in [0.2, 0.25) is 0 Å². The van der Waals surface area contributed by atoms with Crippen LogP contribution in [0.5, 0.6) is 11.5 Å². The molecular formula is C33H33N7O3. The number of carbonyl (C=O) groups excluding carboxylic acids is 1. The van der Waals surface area contributed by atoms with Crippen LogP contribution >= 0.6 is 0 Å². The fourth-order valence-electron chi connectivity index (χ4n) is 4.95. The lowest BCUT2D eigenvalue weighted by atomic mass is 9.92. The Morgan fingerprint density at radius 2 is 1.81 bits per heavy atom. The lowest BCUT2D eigenvalue weighted by Crippen LogP contribution is -2.21. The molecule has 43 heavy (non-hydrogen) atoms. The number of nitrogens with one attached hydrogen (secondary N) is 3. The summed E-state index contributed by atoms with van der Waals surface area (Å²) >= 11 is 0. The maximum atomic E-state index is 13.4. The van der Waals surface area contributed by atoms with E-state index in [1.54, 1.807) is 36.1 Å². The maximum Gasteiger partial charge on any atom is 0.327 e. The van der Waals surface area contributed by atoms with Crippen molar-refractivity contribution in [3.8, 4) is 11.5 Å². The summed E-state index contributed by atoms with van der Waals surface area (Å²) in [6.07, 6.45) is 11.8. The standard InChI is InChI=1S/C33H33N7O3/c1-20-9-8-10-21(14-13-20)40-28(19-27(38-40)33(2,3)4)36-31(41)35-24-15-16-25(23-12-7-6-11-22(23)24)43-26-17-18-34-30-29(26)39(5)32(42)37-30/h6-20H,1-5H3,(H,34,37,42)(H2,35,36,41). The number of allylic oxidation sites excluding steroid dienone is 6. The highest BCUT2D eigenvalue weighted by molar-refractivity contribution is 6.07. The number of aryl methyl sites for hydroxylation is 1. The number of benzene rings is 2. The monoisotopic (exact) mass is 575 g/mol. The van der Waals surface area contributed by atoms with Crippen molar-refractivity contribution in [1.82, 2.24) is 24.3 Å². The number of aromatic amines is 1. The summed E-state index contributed by atoms with van der Waals surface area (Å²) in [4.78, 5) is 32.6. The van der Waals surface area contributed by atoms with Gasteiger partial charge in [-0.25, -0.2) is 19.3 Å². The Bertz CT molecular complexity index is 2020. The molecule has 0 saturated carbocycles. The number of imidazole rings is 1. The predicted molar refractivity (Wildman–Crippen MR) is 171 cm³/mol. The summed E-state index contributed by atoms with van der Waals surface area (Å²) in [5, 5.41) is 12.4. The number of hydrogen-bond acceptors (Lipinski definition) is 5. The van der Waals surface area contributed by atoms with Gasteiger partial charge in [-0.1, -0.05) is 70.2 Å². The zero-order valence-corrected chi connectivity index (χ0v) is 24.7. The molecule has 6 rings (SSSR count). The molecule has 0 spiro atoms. The number of H-pyrrole nitrogens is 1. The average Bonchev–Trinajstić information content (AvgIpc) is 3.44. The number of anilines is 2. The first-order chi connectivity index (χ1) is 20.6. The van der Waals surface area contributed by atoms with Gasteiger partial charge in [-0.05, 0) is 30.2 Å². The first-order valence-electron chi connectivity index (χ1n) is 14.1.